The number of rotatable bonds is 3. The molecule has 0 saturated carbocycles. The van der Waals surface area contributed by atoms with Gasteiger partial charge in [0.25, 0.3) is 0 Å². The second-order valence-electron chi connectivity index (χ2n) is 4.58. The molecule has 1 aliphatic rings. The minimum absolute atomic E-state index is 0.0700. The zero-order valence-corrected chi connectivity index (χ0v) is 10.0. The van der Waals surface area contributed by atoms with Crippen LogP contribution in [0, 0.1) is 17.1 Å². The zero-order valence-electron chi connectivity index (χ0n) is 10.0. The molecule has 3 N–H and O–H groups in total. The Kier molecular flexibility index (Phi) is 3.31. The highest BCUT2D eigenvalue weighted by atomic mass is 19.1. The first kappa shape index (κ1) is 11.9. The third-order valence-electron chi connectivity index (χ3n) is 3.45. The maximum atomic E-state index is 13.2. The Bertz CT molecular complexity index is 431. The van der Waals surface area contributed by atoms with E-state index in [0.717, 1.165) is 31.6 Å². The Balaban J connectivity index is 2.29. The highest BCUT2D eigenvalue weighted by Gasteiger charge is 2.23. The van der Waals surface area contributed by atoms with Gasteiger partial charge in [-0.05, 0) is 30.5 Å². The Labute approximate surface area is 101 Å². The summed E-state index contributed by atoms with van der Waals surface area (Å²) in [4.78, 5) is 2.20. The number of nitrogen functional groups attached to an aromatic ring is 1. The summed E-state index contributed by atoms with van der Waals surface area (Å²) in [6.07, 6.45) is 2.32. The largest absolute Gasteiger partial charge is 0.384 e. The normalized spacial score (nSPS) is 19.6. The lowest BCUT2D eigenvalue weighted by Crippen LogP contribution is -2.24. The van der Waals surface area contributed by atoms with Crippen molar-refractivity contribution in [2.24, 2.45) is 11.7 Å². The molecule has 1 aliphatic heterocycles. The maximum Gasteiger partial charge on any atom is 0.125 e. The third kappa shape index (κ3) is 2.40. The summed E-state index contributed by atoms with van der Waals surface area (Å²) >= 11 is 0. The van der Waals surface area contributed by atoms with Crippen molar-refractivity contribution in [1.82, 2.24) is 0 Å². The fourth-order valence-electron chi connectivity index (χ4n) is 2.38. The number of nitrogens with two attached hydrogens (primary N) is 1. The quantitative estimate of drug-likeness (QED) is 0.624. The summed E-state index contributed by atoms with van der Waals surface area (Å²) in [6.45, 7) is 4.12. The number of anilines is 1. The number of hydrogen-bond donors (Lipinski definition) is 2. The van der Waals surface area contributed by atoms with Crippen LogP contribution in [0.25, 0.3) is 0 Å². The topological polar surface area (TPSA) is 53.1 Å². The van der Waals surface area contributed by atoms with E-state index in [4.69, 9.17) is 11.1 Å². The van der Waals surface area contributed by atoms with Crippen molar-refractivity contribution in [2.75, 3.05) is 18.0 Å². The van der Waals surface area contributed by atoms with Crippen LogP contribution in [0.3, 0.4) is 0 Å². The van der Waals surface area contributed by atoms with Crippen LogP contribution in [-0.4, -0.2) is 18.9 Å². The fraction of sp³-hybridized carbons (Fsp3) is 0.462. The second kappa shape index (κ2) is 4.73. The van der Waals surface area contributed by atoms with Crippen LogP contribution >= 0.6 is 0 Å². The number of hydrogen-bond acceptors (Lipinski definition) is 2. The van der Waals surface area contributed by atoms with Gasteiger partial charge in [0.2, 0.25) is 0 Å². The number of benzene rings is 1. The molecule has 1 fully saturated rings. The first-order valence-electron chi connectivity index (χ1n) is 6.00. The summed E-state index contributed by atoms with van der Waals surface area (Å²) in [7, 11) is 0. The first-order valence-corrected chi connectivity index (χ1v) is 6.00. The van der Waals surface area contributed by atoms with Crippen molar-refractivity contribution in [2.45, 2.75) is 19.8 Å². The average Bonchev–Trinajstić information content (AvgIpc) is 2.77. The van der Waals surface area contributed by atoms with Crippen molar-refractivity contribution in [3.63, 3.8) is 0 Å². The summed E-state index contributed by atoms with van der Waals surface area (Å²) in [6, 6.07) is 4.50. The van der Waals surface area contributed by atoms with E-state index in [2.05, 4.69) is 11.8 Å². The summed E-state index contributed by atoms with van der Waals surface area (Å²) in [5.41, 5.74) is 6.89. The van der Waals surface area contributed by atoms with Gasteiger partial charge in [0.05, 0.1) is 0 Å². The lowest BCUT2D eigenvalue weighted by molar-refractivity contribution is 0.569. The van der Waals surface area contributed by atoms with Crippen LogP contribution in [0.5, 0.6) is 0 Å². The highest BCUT2D eigenvalue weighted by molar-refractivity contribution is 6.00. The van der Waals surface area contributed by atoms with E-state index in [0.29, 0.717) is 11.5 Å². The number of halogens is 1. The van der Waals surface area contributed by atoms with E-state index in [9.17, 15) is 4.39 Å². The fourth-order valence-corrected chi connectivity index (χ4v) is 2.38. The van der Waals surface area contributed by atoms with Crippen molar-refractivity contribution >= 4 is 11.5 Å². The van der Waals surface area contributed by atoms with Gasteiger partial charge in [0.15, 0.2) is 0 Å². The van der Waals surface area contributed by atoms with Gasteiger partial charge < -0.3 is 10.6 Å². The lowest BCUT2D eigenvalue weighted by Gasteiger charge is -2.21. The van der Waals surface area contributed by atoms with Crippen molar-refractivity contribution < 1.29 is 4.39 Å². The van der Waals surface area contributed by atoms with Gasteiger partial charge in [0.1, 0.15) is 11.7 Å². The highest BCUT2D eigenvalue weighted by Crippen LogP contribution is 2.28. The van der Waals surface area contributed by atoms with Crippen molar-refractivity contribution in [3.8, 4) is 0 Å². The Hall–Kier alpha value is -1.58. The van der Waals surface area contributed by atoms with Crippen LogP contribution in [0.15, 0.2) is 18.2 Å². The van der Waals surface area contributed by atoms with Gasteiger partial charge in [-0.1, -0.05) is 13.3 Å². The third-order valence-corrected chi connectivity index (χ3v) is 3.45. The maximum absolute atomic E-state index is 13.2. The molecule has 1 heterocycles. The van der Waals surface area contributed by atoms with Gasteiger partial charge in [-0.3, -0.25) is 5.41 Å². The van der Waals surface area contributed by atoms with Gasteiger partial charge in [0, 0.05) is 24.3 Å². The predicted octanol–water partition coefficient (Wildman–Crippen LogP) is 2.35. The molecule has 17 heavy (non-hydrogen) atoms. The lowest BCUT2D eigenvalue weighted by atomic mass is 10.1. The van der Waals surface area contributed by atoms with Crippen molar-refractivity contribution in [3.05, 3.63) is 29.6 Å². The molecule has 1 aromatic carbocycles. The smallest absolute Gasteiger partial charge is 0.125 e. The van der Waals surface area contributed by atoms with Gasteiger partial charge in [-0.25, -0.2) is 4.39 Å². The predicted molar refractivity (Wildman–Crippen MR) is 68.0 cm³/mol. The average molecular weight is 235 g/mol. The molecule has 0 radical (unpaired) electrons. The van der Waals surface area contributed by atoms with Crippen LogP contribution in [-0.2, 0) is 0 Å². The number of amidine groups is 1. The molecular formula is C13H18FN3. The first-order chi connectivity index (χ1) is 8.11. The van der Waals surface area contributed by atoms with Crippen molar-refractivity contribution in [1.29, 1.82) is 5.41 Å². The molecule has 2 rings (SSSR count). The van der Waals surface area contributed by atoms with E-state index in [1.165, 1.54) is 12.1 Å². The van der Waals surface area contributed by atoms with E-state index in [-0.39, 0.29) is 11.7 Å². The molecule has 0 aromatic heterocycles. The SMILES string of the molecule is CCC1CCN(c2ccc(F)cc2C(=N)N)C1. The van der Waals surface area contributed by atoms with Gasteiger partial charge in [-0.2, -0.15) is 0 Å². The molecule has 0 amide bonds. The molecular weight excluding hydrogens is 217 g/mol. The Morgan fingerprint density at radius 1 is 1.59 bits per heavy atom. The van der Waals surface area contributed by atoms with E-state index in [1.807, 2.05) is 0 Å². The molecule has 4 heteroatoms. The molecule has 1 aromatic rings. The van der Waals surface area contributed by atoms with Gasteiger partial charge >= 0.3 is 0 Å². The minimum Gasteiger partial charge on any atom is -0.384 e. The summed E-state index contributed by atoms with van der Waals surface area (Å²) in [5, 5.41) is 7.52. The monoisotopic (exact) mass is 235 g/mol. The van der Waals surface area contributed by atoms with E-state index in [1.54, 1.807) is 6.07 Å². The summed E-state index contributed by atoms with van der Waals surface area (Å²) < 4.78 is 13.2. The molecule has 0 spiro atoms. The van der Waals surface area contributed by atoms with Crippen LogP contribution in [0.2, 0.25) is 0 Å². The molecule has 1 unspecified atom stereocenters. The standard InChI is InChI=1S/C13H18FN3/c1-2-9-5-6-17(8-9)12-4-3-10(14)7-11(12)13(15)16/h3-4,7,9H,2,5-6,8H2,1H3,(H3,15,16). The van der Waals surface area contributed by atoms with E-state index < -0.39 is 0 Å². The number of nitrogens with one attached hydrogen (secondary N) is 1. The Morgan fingerprint density at radius 2 is 2.35 bits per heavy atom. The molecule has 0 bridgehead atoms. The molecule has 0 aliphatic carbocycles. The molecule has 1 saturated heterocycles. The number of nitrogens with zero attached hydrogens (tertiary/aromatic N) is 1. The molecule has 1 atom stereocenters. The summed E-state index contributed by atoms with van der Waals surface area (Å²) in [5.74, 6) is 0.282. The minimum atomic E-state index is -0.342. The van der Waals surface area contributed by atoms with Crippen LogP contribution in [0.1, 0.15) is 25.3 Å². The Morgan fingerprint density at radius 3 is 2.94 bits per heavy atom. The molecule has 92 valence electrons. The molecule has 3 nitrogen and oxygen atoms in total. The second-order valence-corrected chi connectivity index (χ2v) is 4.58. The van der Waals surface area contributed by atoms with Gasteiger partial charge in [-0.15, -0.1) is 0 Å². The van der Waals surface area contributed by atoms with E-state index >= 15 is 0 Å². The zero-order chi connectivity index (χ0) is 12.4. The van der Waals surface area contributed by atoms with Crippen LogP contribution in [0.4, 0.5) is 10.1 Å². The van der Waals surface area contributed by atoms with Crippen LogP contribution < -0.4 is 10.6 Å².